The Morgan fingerprint density at radius 1 is 1.04 bits per heavy atom. The fourth-order valence-corrected chi connectivity index (χ4v) is 2.82. The number of para-hydroxylation sites is 1. The van der Waals surface area contributed by atoms with E-state index in [0.717, 1.165) is 16.9 Å². The number of guanidine groups is 2. The van der Waals surface area contributed by atoms with Gasteiger partial charge in [-0.15, -0.1) is 0 Å². The van der Waals surface area contributed by atoms with Crippen molar-refractivity contribution in [2.24, 2.45) is 21.5 Å². The van der Waals surface area contributed by atoms with Gasteiger partial charge in [0.15, 0.2) is 0 Å². The van der Waals surface area contributed by atoms with E-state index >= 15 is 0 Å². The lowest BCUT2D eigenvalue weighted by Gasteiger charge is -2.38. The fraction of sp³-hybridized carbons (Fsp3) is 0.222. The van der Waals surface area contributed by atoms with Gasteiger partial charge in [-0.25, -0.2) is 4.99 Å². The third kappa shape index (κ3) is 3.32. The smallest absolute Gasteiger partial charge is 0.220 e. The van der Waals surface area contributed by atoms with Gasteiger partial charge in [0.2, 0.25) is 11.9 Å². The van der Waals surface area contributed by atoms with Crippen molar-refractivity contribution in [2.45, 2.75) is 26.1 Å². The first kappa shape index (κ1) is 15.9. The Bertz CT molecular complexity index is 779. The summed E-state index contributed by atoms with van der Waals surface area (Å²) in [4.78, 5) is 10.4. The summed E-state index contributed by atoms with van der Waals surface area (Å²) in [5.41, 5.74) is 14.4. The van der Waals surface area contributed by atoms with Crippen molar-refractivity contribution in [1.29, 1.82) is 0 Å². The molecule has 0 radical (unpaired) electrons. The maximum absolute atomic E-state index is 6.09. The zero-order valence-corrected chi connectivity index (χ0v) is 13.9. The van der Waals surface area contributed by atoms with E-state index in [1.165, 1.54) is 0 Å². The first-order valence-electron chi connectivity index (χ1n) is 7.83. The molecule has 0 aromatic heterocycles. The number of anilines is 2. The molecule has 0 unspecified atom stereocenters. The Kier molecular flexibility index (Phi) is 4.12. The summed E-state index contributed by atoms with van der Waals surface area (Å²) in [6, 6.07) is 18.2. The highest BCUT2D eigenvalue weighted by Gasteiger charge is 2.32. The van der Waals surface area contributed by atoms with Crippen LogP contribution >= 0.6 is 0 Å². The molecule has 0 atom stereocenters. The Balaban J connectivity index is 1.82. The maximum atomic E-state index is 6.09. The summed E-state index contributed by atoms with van der Waals surface area (Å²) < 4.78 is 0. The van der Waals surface area contributed by atoms with Gasteiger partial charge in [-0.05, 0) is 43.7 Å². The number of hydrogen-bond acceptors (Lipinski definition) is 6. The van der Waals surface area contributed by atoms with Gasteiger partial charge in [-0.1, -0.05) is 30.3 Å². The number of aliphatic imine (C=N–C) groups is 2. The monoisotopic (exact) mass is 322 g/mol. The molecule has 1 aliphatic rings. The molecule has 6 heteroatoms. The molecule has 0 amide bonds. The molecule has 0 fully saturated rings. The van der Waals surface area contributed by atoms with Crippen molar-refractivity contribution in [1.82, 2.24) is 0 Å². The van der Waals surface area contributed by atoms with Crippen LogP contribution < -0.4 is 21.7 Å². The molecule has 0 saturated heterocycles. The topological polar surface area (TPSA) is 92.0 Å². The molecule has 0 saturated carbocycles. The summed E-state index contributed by atoms with van der Waals surface area (Å²) in [6.07, 6.45) is 0. The average molecular weight is 322 g/mol. The number of hydrogen-bond donors (Lipinski definition) is 3. The highest BCUT2D eigenvalue weighted by molar-refractivity contribution is 6.05. The van der Waals surface area contributed by atoms with E-state index in [-0.39, 0.29) is 5.96 Å². The second-order valence-electron chi connectivity index (χ2n) is 6.16. The normalized spacial score (nSPS) is 16.3. The van der Waals surface area contributed by atoms with Crippen LogP contribution in [-0.2, 0) is 6.54 Å². The van der Waals surface area contributed by atoms with E-state index in [0.29, 0.717) is 12.5 Å². The lowest BCUT2D eigenvalue weighted by Crippen LogP contribution is -2.54. The Hall–Kier alpha value is -3.02. The largest absolute Gasteiger partial charge is 0.381 e. The van der Waals surface area contributed by atoms with E-state index in [1.54, 1.807) is 0 Å². The van der Waals surface area contributed by atoms with Crippen molar-refractivity contribution >= 4 is 23.3 Å². The second-order valence-corrected chi connectivity index (χ2v) is 6.16. The van der Waals surface area contributed by atoms with Crippen LogP contribution in [0.25, 0.3) is 0 Å². The molecule has 0 aliphatic carbocycles. The summed E-state index contributed by atoms with van der Waals surface area (Å²) in [7, 11) is 0. The minimum absolute atomic E-state index is 0.204. The quantitative estimate of drug-likeness (QED) is 0.806. The molecule has 1 aliphatic heterocycles. The predicted molar refractivity (Wildman–Crippen MR) is 100 cm³/mol. The van der Waals surface area contributed by atoms with Crippen LogP contribution in [0.3, 0.4) is 0 Å². The number of benzene rings is 2. The highest BCUT2D eigenvalue weighted by atomic mass is 15.4. The number of rotatable bonds is 4. The molecule has 3 rings (SSSR count). The average Bonchev–Trinajstić information content (AvgIpc) is 2.52. The van der Waals surface area contributed by atoms with E-state index in [1.807, 2.05) is 61.2 Å². The van der Waals surface area contributed by atoms with Crippen LogP contribution in [0.2, 0.25) is 0 Å². The molecule has 1 heterocycles. The van der Waals surface area contributed by atoms with E-state index in [2.05, 4.69) is 27.4 Å². The first-order chi connectivity index (χ1) is 11.5. The lowest BCUT2D eigenvalue weighted by atomic mass is 10.1. The number of nitrogens with zero attached hydrogens (tertiary/aromatic N) is 3. The molecule has 2 aromatic rings. The van der Waals surface area contributed by atoms with Crippen molar-refractivity contribution in [3.05, 3.63) is 60.2 Å². The zero-order valence-electron chi connectivity index (χ0n) is 13.9. The third-order valence-corrected chi connectivity index (χ3v) is 3.83. The molecule has 0 spiro atoms. The summed E-state index contributed by atoms with van der Waals surface area (Å²) in [5.74, 6) is 0.552. The predicted octanol–water partition coefficient (Wildman–Crippen LogP) is 2.48. The van der Waals surface area contributed by atoms with E-state index < -0.39 is 5.66 Å². The van der Waals surface area contributed by atoms with Gasteiger partial charge in [0.25, 0.3) is 0 Å². The lowest BCUT2D eigenvalue weighted by molar-refractivity contribution is 0.534. The first-order valence-corrected chi connectivity index (χ1v) is 7.83. The Labute approximate surface area is 141 Å². The van der Waals surface area contributed by atoms with Gasteiger partial charge in [-0.3, -0.25) is 4.90 Å². The van der Waals surface area contributed by atoms with Crippen molar-refractivity contribution in [3.8, 4) is 0 Å². The molecule has 5 N–H and O–H groups in total. The molecule has 2 aromatic carbocycles. The Morgan fingerprint density at radius 2 is 1.79 bits per heavy atom. The van der Waals surface area contributed by atoms with Crippen LogP contribution in [-0.4, -0.2) is 17.6 Å². The molecular formula is C18H22N6. The van der Waals surface area contributed by atoms with Crippen molar-refractivity contribution < 1.29 is 0 Å². The van der Waals surface area contributed by atoms with Crippen LogP contribution in [0.15, 0.2) is 64.6 Å². The molecule has 24 heavy (non-hydrogen) atoms. The second kappa shape index (κ2) is 6.23. The van der Waals surface area contributed by atoms with Crippen LogP contribution in [0.1, 0.15) is 19.4 Å². The van der Waals surface area contributed by atoms with Crippen LogP contribution in [0.5, 0.6) is 0 Å². The van der Waals surface area contributed by atoms with Gasteiger partial charge in [0, 0.05) is 17.9 Å². The number of nitrogens with one attached hydrogen (secondary N) is 1. The van der Waals surface area contributed by atoms with Gasteiger partial charge in [-0.2, -0.15) is 4.99 Å². The van der Waals surface area contributed by atoms with Gasteiger partial charge in [0.1, 0.15) is 5.66 Å². The van der Waals surface area contributed by atoms with Crippen LogP contribution in [0.4, 0.5) is 11.4 Å². The van der Waals surface area contributed by atoms with Crippen molar-refractivity contribution in [3.63, 3.8) is 0 Å². The summed E-state index contributed by atoms with van der Waals surface area (Å²) in [5, 5.41) is 3.40. The zero-order chi connectivity index (χ0) is 17.2. The molecule has 0 bridgehead atoms. The summed E-state index contributed by atoms with van der Waals surface area (Å²) in [6.45, 7) is 4.63. The molecule has 124 valence electrons. The van der Waals surface area contributed by atoms with Crippen molar-refractivity contribution in [2.75, 3.05) is 10.2 Å². The number of nitrogens with two attached hydrogens (primary N) is 2. The molecular weight excluding hydrogens is 300 g/mol. The maximum Gasteiger partial charge on any atom is 0.220 e. The van der Waals surface area contributed by atoms with E-state index in [4.69, 9.17) is 11.5 Å². The highest BCUT2D eigenvalue weighted by Crippen LogP contribution is 2.28. The minimum Gasteiger partial charge on any atom is -0.381 e. The van der Waals surface area contributed by atoms with E-state index in [9.17, 15) is 0 Å². The minimum atomic E-state index is -0.582. The standard InChI is InChI=1S/C18H22N6/c1-18(2)23-16(19)22-17(20)24(18)15-10-6-7-13(11-15)12-21-14-8-4-3-5-9-14/h3-11,21H,12H2,1-2H3,(H4,19,20,22,23). The van der Waals surface area contributed by atoms with Gasteiger partial charge < -0.3 is 16.8 Å². The summed E-state index contributed by atoms with van der Waals surface area (Å²) >= 11 is 0. The van der Waals surface area contributed by atoms with Gasteiger partial charge in [0.05, 0.1) is 0 Å². The third-order valence-electron chi connectivity index (χ3n) is 3.83. The Morgan fingerprint density at radius 3 is 2.50 bits per heavy atom. The van der Waals surface area contributed by atoms with Crippen LogP contribution in [0, 0.1) is 0 Å². The van der Waals surface area contributed by atoms with Gasteiger partial charge >= 0.3 is 0 Å². The molecule has 6 nitrogen and oxygen atoms in total. The fourth-order valence-electron chi connectivity index (χ4n) is 2.82. The SMILES string of the molecule is CC1(C)N=C(N)N=C(N)N1c1cccc(CNc2ccccc2)c1.